The van der Waals surface area contributed by atoms with E-state index in [-0.39, 0.29) is 0 Å². The summed E-state index contributed by atoms with van der Waals surface area (Å²) in [6.07, 6.45) is 17.9. The molecule has 0 aromatic carbocycles. The molecule has 2 bridgehead atoms. The molecule has 2 rings (SSSR count). The van der Waals surface area contributed by atoms with Crippen LogP contribution in [0.15, 0.2) is 34.9 Å². The lowest BCUT2D eigenvalue weighted by Crippen LogP contribution is -2.08. The van der Waals surface area contributed by atoms with E-state index in [0.29, 0.717) is 0 Å². The average Bonchev–Trinajstić information content (AvgIpc) is 3.12. The molecule has 0 spiro atoms. The highest BCUT2D eigenvalue weighted by atomic mass is 14.4. The van der Waals surface area contributed by atoms with Gasteiger partial charge in [0, 0.05) is 0 Å². The fourth-order valence-electron chi connectivity index (χ4n) is 4.50. The van der Waals surface area contributed by atoms with Gasteiger partial charge in [0.2, 0.25) is 0 Å². The first kappa shape index (κ1) is 16.6. The van der Waals surface area contributed by atoms with Gasteiger partial charge in [-0.2, -0.15) is 0 Å². The lowest BCUT2D eigenvalue weighted by molar-refractivity contribution is 0.438. The fraction of sp³-hybridized carbons (Fsp3) is 0.714. The van der Waals surface area contributed by atoms with Crippen LogP contribution in [0.4, 0.5) is 0 Å². The van der Waals surface area contributed by atoms with Crippen LogP contribution in [0.2, 0.25) is 0 Å². The van der Waals surface area contributed by atoms with Crippen molar-refractivity contribution in [2.24, 2.45) is 17.8 Å². The van der Waals surface area contributed by atoms with Gasteiger partial charge in [0.1, 0.15) is 0 Å². The highest BCUT2D eigenvalue weighted by Crippen LogP contribution is 2.46. The maximum absolute atomic E-state index is 2.50. The molecule has 2 aliphatic carbocycles. The lowest BCUT2D eigenvalue weighted by atomic mass is 9.85. The molecule has 1 fully saturated rings. The molecular weight excluding hydrogens is 252 g/mol. The molecule has 0 N–H and O–H groups in total. The third-order valence-corrected chi connectivity index (χ3v) is 5.88. The molecule has 0 nitrogen and oxygen atoms in total. The van der Waals surface area contributed by atoms with Crippen LogP contribution in [0.1, 0.15) is 79.1 Å². The Morgan fingerprint density at radius 2 is 1.67 bits per heavy atom. The molecule has 0 heterocycles. The molecule has 0 amide bonds. The summed E-state index contributed by atoms with van der Waals surface area (Å²) >= 11 is 0. The van der Waals surface area contributed by atoms with Gasteiger partial charge in [-0.15, -0.1) is 0 Å². The van der Waals surface area contributed by atoms with Crippen LogP contribution < -0.4 is 0 Å². The maximum Gasteiger partial charge on any atom is -0.0196 e. The minimum Gasteiger partial charge on any atom is -0.0884 e. The first-order valence-electron chi connectivity index (χ1n) is 9.23. The predicted molar refractivity (Wildman–Crippen MR) is 94.4 cm³/mol. The van der Waals surface area contributed by atoms with Crippen molar-refractivity contribution in [3.63, 3.8) is 0 Å². The second-order valence-corrected chi connectivity index (χ2v) is 6.96. The van der Waals surface area contributed by atoms with Crippen LogP contribution >= 0.6 is 0 Å². The maximum atomic E-state index is 2.50. The highest BCUT2D eigenvalue weighted by molar-refractivity contribution is 5.17. The molecule has 2 aliphatic rings. The van der Waals surface area contributed by atoms with E-state index >= 15 is 0 Å². The molecule has 3 atom stereocenters. The van der Waals surface area contributed by atoms with E-state index < -0.39 is 0 Å². The van der Waals surface area contributed by atoms with E-state index in [0.717, 1.165) is 17.8 Å². The molecule has 1 saturated carbocycles. The Morgan fingerprint density at radius 1 is 0.952 bits per heavy atom. The third kappa shape index (κ3) is 4.11. The fourth-order valence-corrected chi connectivity index (χ4v) is 4.50. The van der Waals surface area contributed by atoms with Crippen LogP contribution in [0.3, 0.4) is 0 Å². The molecule has 0 saturated heterocycles. The minimum absolute atomic E-state index is 0.896. The number of rotatable bonds is 8. The molecule has 0 aliphatic heterocycles. The summed E-state index contributed by atoms with van der Waals surface area (Å²) in [7, 11) is 0. The zero-order valence-electron chi connectivity index (χ0n) is 14.6. The van der Waals surface area contributed by atoms with Gasteiger partial charge in [-0.25, -0.2) is 0 Å². The lowest BCUT2D eigenvalue weighted by Gasteiger charge is -2.20. The molecule has 0 heteroatoms. The SMILES string of the molecule is CC=C(CCC(CC)=C(CC)CC)CC1CC2C=CC1C2. The van der Waals surface area contributed by atoms with Crippen molar-refractivity contribution in [3.05, 3.63) is 34.9 Å². The van der Waals surface area contributed by atoms with Crippen molar-refractivity contribution in [1.29, 1.82) is 0 Å². The molecule has 0 aromatic rings. The van der Waals surface area contributed by atoms with Crippen molar-refractivity contribution in [1.82, 2.24) is 0 Å². The van der Waals surface area contributed by atoms with E-state index in [1.807, 2.05) is 0 Å². The molecule has 0 aromatic heterocycles. The van der Waals surface area contributed by atoms with E-state index in [2.05, 4.69) is 45.9 Å². The first-order valence-corrected chi connectivity index (χ1v) is 9.23. The Bertz CT molecular complexity index is 415. The topological polar surface area (TPSA) is 0 Å². The monoisotopic (exact) mass is 286 g/mol. The van der Waals surface area contributed by atoms with Crippen LogP contribution in [0, 0.1) is 17.8 Å². The number of fused-ring (bicyclic) bond motifs is 2. The highest BCUT2D eigenvalue weighted by Gasteiger charge is 2.35. The summed E-state index contributed by atoms with van der Waals surface area (Å²) < 4.78 is 0. The van der Waals surface area contributed by atoms with Crippen LogP contribution in [-0.2, 0) is 0 Å². The van der Waals surface area contributed by atoms with E-state index in [1.165, 1.54) is 51.4 Å². The van der Waals surface area contributed by atoms with Crippen LogP contribution in [-0.4, -0.2) is 0 Å². The van der Waals surface area contributed by atoms with E-state index in [1.54, 1.807) is 16.7 Å². The standard InChI is InChI=1S/C21H34/c1-5-16(9-11-19(8-4)18(6-2)7-3)13-21-15-17-10-12-20(21)14-17/h5,10,12,17,20-21H,6-9,11,13-15H2,1-4H3. The summed E-state index contributed by atoms with van der Waals surface area (Å²) in [6.45, 7) is 9.20. The van der Waals surface area contributed by atoms with Gasteiger partial charge >= 0.3 is 0 Å². The van der Waals surface area contributed by atoms with Crippen molar-refractivity contribution >= 4 is 0 Å². The van der Waals surface area contributed by atoms with Crippen LogP contribution in [0.25, 0.3) is 0 Å². The Balaban J connectivity index is 1.88. The average molecular weight is 287 g/mol. The second-order valence-electron chi connectivity index (χ2n) is 6.96. The van der Waals surface area contributed by atoms with Crippen LogP contribution in [0.5, 0.6) is 0 Å². The van der Waals surface area contributed by atoms with Gasteiger partial charge in [-0.05, 0) is 76.0 Å². The predicted octanol–water partition coefficient (Wildman–Crippen LogP) is 6.84. The summed E-state index contributed by atoms with van der Waals surface area (Å²) in [5, 5.41) is 0. The Morgan fingerprint density at radius 3 is 2.14 bits per heavy atom. The molecule has 21 heavy (non-hydrogen) atoms. The molecular formula is C21H34. The van der Waals surface area contributed by atoms with Gasteiger partial charge in [0.25, 0.3) is 0 Å². The third-order valence-electron chi connectivity index (χ3n) is 5.88. The largest absolute Gasteiger partial charge is 0.0884 e. The summed E-state index contributed by atoms with van der Waals surface area (Å²) in [5.74, 6) is 2.75. The van der Waals surface area contributed by atoms with Gasteiger partial charge in [-0.1, -0.05) is 55.7 Å². The number of hydrogen-bond acceptors (Lipinski definition) is 0. The molecule has 118 valence electrons. The summed E-state index contributed by atoms with van der Waals surface area (Å²) in [6, 6.07) is 0. The zero-order valence-corrected chi connectivity index (χ0v) is 14.6. The Kier molecular flexibility index (Phi) is 6.33. The molecule has 3 unspecified atom stereocenters. The number of hydrogen-bond donors (Lipinski definition) is 0. The summed E-state index contributed by atoms with van der Waals surface area (Å²) in [4.78, 5) is 0. The minimum atomic E-state index is 0.896. The smallest absolute Gasteiger partial charge is 0.0196 e. The zero-order chi connectivity index (χ0) is 15.2. The Labute approximate surface area is 132 Å². The van der Waals surface area contributed by atoms with Crippen molar-refractivity contribution < 1.29 is 0 Å². The number of allylic oxidation sites excluding steroid dienone is 6. The van der Waals surface area contributed by atoms with E-state index in [9.17, 15) is 0 Å². The van der Waals surface area contributed by atoms with Crippen molar-refractivity contribution in [2.75, 3.05) is 0 Å². The van der Waals surface area contributed by atoms with Gasteiger partial charge in [0.15, 0.2) is 0 Å². The van der Waals surface area contributed by atoms with E-state index in [4.69, 9.17) is 0 Å². The van der Waals surface area contributed by atoms with Crippen molar-refractivity contribution in [2.45, 2.75) is 79.1 Å². The van der Waals surface area contributed by atoms with Gasteiger partial charge in [0.05, 0.1) is 0 Å². The summed E-state index contributed by atoms with van der Waals surface area (Å²) in [5.41, 5.74) is 5.14. The second kappa shape index (κ2) is 8.01. The van der Waals surface area contributed by atoms with Crippen molar-refractivity contribution in [3.8, 4) is 0 Å². The Hall–Kier alpha value is -0.780. The van der Waals surface area contributed by atoms with Gasteiger partial charge in [-0.3, -0.25) is 0 Å². The first-order chi connectivity index (χ1) is 10.2. The quantitative estimate of drug-likeness (QED) is 0.428. The molecule has 0 radical (unpaired) electrons. The van der Waals surface area contributed by atoms with Gasteiger partial charge < -0.3 is 0 Å². The normalized spacial score (nSPS) is 27.4.